The topological polar surface area (TPSA) is 60.2 Å². The number of anilines is 1. The van der Waals surface area contributed by atoms with Crippen LogP contribution in [-0.2, 0) is 11.3 Å². The van der Waals surface area contributed by atoms with Crippen LogP contribution in [0.4, 0.5) is 5.82 Å². The monoisotopic (exact) mass is 273 g/mol. The number of furan rings is 1. The Morgan fingerprint density at radius 3 is 2.90 bits per heavy atom. The van der Waals surface area contributed by atoms with Crippen LogP contribution in [0.5, 0.6) is 0 Å². The molecule has 1 aliphatic rings. The summed E-state index contributed by atoms with van der Waals surface area (Å²) in [4.78, 5) is 8.94. The zero-order valence-corrected chi connectivity index (χ0v) is 11.8. The molecule has 5 nitrogen and oxygen atoms in total. The number of nitrogens with zero attached hydrogens (tertiary/aromatic N) is 2. The third-order valence-corrected chi connectivity index (χ3v) is 3.45. The van der Waals surface area contributed by atoms with Crippen molar-refractivity contribution in [2.45, 2.75) is 32.7 Å². The minimum absolute atomic E-state index is 0.392. The van der Waals surface area contributed by atoms with Crippen molar-refractivity contribution in [1.29, 1.82) is 0 Å². The molecule has 2 aromatic rings. The molecule has 0 aliphatic carbocycles. The lowest BCUT2D eigenvalue weighted by Gasteiger charge is -2.11. The van der Waals surface area contributed by atoms with Crippen LogP contribution >= 0.6 is 0 Å². The Bertz CT molecular complexity index is 589. The van der Waals surface area contributed by atoms with E-state index in [2.05, 4.69) is 15.3 Å². The molecule has 0 amide bonds. The average molecular weight is 273 g/mol. The van der Waals surface area contributed by atoms with Crippen LogP contribution in [0.2, 0.25) is 0 Å². The van der Waals surface area contributed by atoms with Gasteiger partial charge in [0.1, 0.15) is 23.2 Å². The summed E-state index contributed by atoms with van der Waals surface area (Å²) in [5, 5.41) is 3.29. The Labute approximate surface area is 118 Å². The lowest BCUT2D eigenvalue weighted by molar-refractivity contribution is 0.193. The van der Waals surface area contributed by atoms with Crippen molar-refractivity contribution in [3.63, 3.8) is 0 Å². The molecular formula is C15H19N3O2. The number of aryl methyl sites for hydroxylation is 2. The molecule has 0 radical (unpaired) electrons. The molecule has 5 heteroatoms. The third-order valence-electron chi connectivity index (χ3n) is 3.45. The van der Waals surface area contributed by atoms with E-state index >= 15 is 0 Å². The van der Waals surface area contributed by atoms with Crippen molar-refractivity contribution in [1.82, 2.24) is 9.97 Å². The maximum atomic E-state index is 5.54. The quantitative estimate of drug-likeness (QED) is 0.928. The van der Waals surface area contributed by atoms with E-state index in [0.717, 1.165) is 48.5 Å². The second kappa shape index (κ2) is 5.63. The van der Waals surface area contributed by atoms with Gasteiger partial charge in [0.2, 0.25) is 0 Å². The van der Waals surface area contributed by atoms with E-state index < -0.39 is 0 Å². The van der Waals surface area contributed by atoms with Crippen LogP contribution in [0, 0.1) is 13.8 Å². The van der Waals surface area contributed by atoms with Crippen molar-refractivity contribution in [2.75, 3.05) is 18.5 Å². The number of hydrogen-bond acceptors (Lipinski definition) is 5. The van der Waals surface area contributed by atoms with Crippen molar-refractivity contribution < 1.29 is 9.15 Å². The van der Waals surface area contributed by atoms with Gasteiger partial charge in [-0.25, -0.2) is 9.97 Å². The van der Waals surface area contributed by atoms with Gasteiger partial charge < -0.3 is 14.5 Å². The Morgan fingerprint density at radius 1 is 1.30 bits per heavy atom. The van der Waals surface area contributed by atoms with Gasteiger partial charge in [-0.2, -0.15) is 0 Å². The molecule has 1 aliphatic heterocycles. The Balaban J connectivity index is 1.72. The highest BCUT2D eigenvalue weighted by Crippen LogP contribution is 2.25. The molecule has 1 N–H and O–H groups in total. The molecule has 106 valence electrons. The van der Waals surface area contributed by atoms with E-state index in [9.17, 15) is 0 Å². The van der Waals surface area contributed by atoms with E-state index in [0.29, 0.717) is 12.5 Å². The summed E-state index contributed by atoms with van der Waals surface area (Å²) >= 11 is 0. The summed E-state index contributed by atoms with van der Waals surface area (Å²) < 4.78 is 11.0. The van der Waals surface area contributed by atoms with Gasteiger partial charge in [0.15, 0.2) is 0 Å². The van der Waals surface area contributed by atoms with E-state index in [4.69, 9.17) is 9.15 Å². The molecule has 2 aromatic heterocycles. The summed E-state index contributed by atoms with van der Waals surface area (Å²) in [6.07, 6.45) is 1.03. The maximum absolute atomic E-state index is 5.54. The van der Waals surface area contributed by atoms with Gasteiger partial charge >= 0.3 is 0 Å². The Morgan fingerprint density at radius 2 is 2.20 bits per heavy atom. The second-order valence-corrected chi connectivity index (χ2v) is 5.15. The molecule has 0 saturated carbocycles. The molecular weight excluding hydrogens is 254 g/mol. The molecule has 0 unspecified atom stereocenters. The number of nitrogens with one attached hydrogen (secondary N) is 1. The SMILES string of the molecule is Cc1nc(NCc2ccc(C)o2)cc([C@H]2CCOC2)n1. The summed E-state index contributed by atoms with van der Waals surface area (Å²) in [6.45, 7) is 6.07. The first kappa shape index (κ1) is 13.1. The summed E-state index contributed by atoms with van der Waals surface area (Å²) in [5.41, 5.74) is 1.06. The van der Waals surface area contributed by atoms with Gasteiger partial charge in [-0.3, -0.25) is 0 Å². The number of aromatic nitrogens is 2. The van der Waals surface area contributed by atoms with Gasteiger partial charge in [0.25, 0.3) is 0 Å². The highest BCUT2D eigenvalue weighted by atomic mass is 16.5. The summed E-state index contributed by atoms with van der Waals surface area (Å²) in [7, 11) is 0. The van der Waals surface area contributed by atoms with E-state index in [-0.39, 0.29) is 0 Å². The molecule has 20 heavy (non-hydrogen) atoms. The first-order valence-corrected chi connectivity index (χ1v) is 6.93. The first-order chi connectivity index (χ1) is 9.70. The number of rotatable bonds is 4. The van der Waals surface area contributed by atoms with Gasteiger partial charge in [-0.15, -0.1) is 0 Å². The van der Waals surface area contributed by atoms with Crippen LogP contribution in [0.15, 0.2) is 22.6 Å². The van der Waals surface area contributed by atoms with Gasteiger partial charge in [0, 0.05) is 18.6 Å². The molecule has 0 spiro atoms. The Hall–Kier alpha value is -1.88. The predicted molar refractivity (Wildman–Crippen MR) is 75.7 cm³/mol. The maximum Gasteiger partial charge on any atom is 0.130 e. The highest BCUT2D eigenvalue weighted by Gasteiger charge is 2.20. The van der Waals surface area contributed by atoms with Gasteiger partial charge in [0.05, 0.1) is 18.8 Å². The predicted octanol–water partition coefficient (Wildman–Crippen LogP) is 2.80. The largest absolute Gasteiger partial charge is 0.465 e. The molecule has 3 rings (SSSR count). The molecule has 1 saturated heterocycles. The molecule has 0 bridgehead atoms. The fourth-order valence-electron chi connectivity index (χ4n) is 2.42. The van der Waals surface area contributed by atoms with Crippen LogP contribution in [0.1, 0.15) is 35.4 Å². The smallest absolute Gasteiger partial charge is 0.130 e. The molecule has 3 heterocycles. The van der Waals surface area contributed by atoms with Crippen LogP contribution < -0.4 is 5.32 Å². The lowest BCUT2D eigenvalue weighted by Crippen LogP contribution is -2.07. The van der Waals surface area contributed by atoms with Crippen molar-refractivity contribution >= 4 is 5.82 Å². The van der Waals surface area contributed by atoms with Gasteiger partial charge in [-0.05, 0) is 32.4 Å². The standard InChI is InChI=1S/C15H19N3O2/c1-10-3-4-13(20-10)8-16-15-7-14(17-11(2)18-15)12-5-6-19-9-12/h3-4,7,12H,5-6,8-9H2,1-2H3,(H,16,17,18)/t12-/m0/s1. The summed E-state index contributed by atoms with van der Waals surface area (Å²) in [6, 6.07) is 5.95. The minimum atomic E-state index is 0.392. The fraction of sp³-hybridized carbons (Fsp3) is 0.467. The zero-order chi connectivity index (χ0) is 13.9. The van der Waals surface area contributed by atoms with E-state index in [1.807, 2.05) is 32.0 Å². The lowest BCUT2D eigenvalue weighted by atomic mass is 10.0. The Kier molecular flexibility index (Phi) is 3.69. The number of ether oxygens (including phenoxy) is 1. The third kappa shape index (κ3) is 2.99. The minimum Gasteiger partial charge on any atom is -0.465 e. The first-order valence-electron chi connectivity index (χ1n) is 6.93. The van der Waals surface area contributed by atoms with Gasteiger partial charge in [-0.1, -0.05) is 0 Å². The number of hydrogen-bond donors (Lipinski definition) is 1. The molecule has 1 atom stereocenters. The normalized spacial score (nSPS) is 18.4. The van der Waals surface area contributed by atoms with Crippen molar-refractivity contribution in [2.24, 2.45) is 0 Å². The highest BCUT2D eigenvalue weighted by molar-refractivity contribution is 5.37. The zero-order valence-electron chi connectivity index (χ0n) is 11.8. The van der Waals surface area contributed by atoms with Crippen molar-refractivity contribution in [3.05, 3.63) is 41.2 Å². The van der Waals surface area contributed by atoms with Crippen molar-refractivity contribution in [3.8, 4) is 0 Å². The molecule has 0 aromatic carbocycles. The second-order valence-electron chi connectivity index (χ2n) is 5.15. The van der Waals surface area contributed by atoms with Crippen LogP contribution in [0.25, 0.3) is 0 Å². The van der Waals surface area contributed by atoms with Crippen LogP contribution in [0.3, 0.4) is 0 Å². The van der Waals surface area contributed by atoms with E-state index in [1.54, 1.807) is 0 Å². The van der Waals surface area contributed by atoms with E-state index in [1.165, 1.54) is 0 Å². The summed E-state index contributed by atoms with van der Waals surface area (Å²) in [5.74, 6) is 3.85. The van der Waals surface area contributed by atoms with Crippen LogP contribution in [-0.4, -0.2) is 23.2 Å². The molecule has 1 fully saturated rings. The average Bonchev–Trinajstić information content (AvgIpc) is 3.07. The fourth-order valence-corrected chi connectivity index (χ4v) is 2.42.